The molecule has 1 amide bonds. The molecule has 2 atom stereocenters. The van der Waals surface area contributed by atoms with Crippen LogP contribution in [0.2, 0.25) is 0 Å². The van der Waals surface area contributed by atoms with Crippen molar-refractivity contribution in [3.8, 4) is 0 Å². The van der Waals surface area contributed by atoms with Gasteiger partial charge in [-0.3, -0.25) is 9.78 Å². The highest BCUT2D eigenvalue weighted by molar-refractivity contribution is 7.90. The van der Waals surface area contributed by atoms with E-state index in [1.807, 2.05) is 6.08 Å². The average molecular weight is 373 g/mol. The first-order valence-corrected chi connectivity index (χ1v) is 9.98. The van der Waals surface area contributed by atoms with Crippen molar-refractivity contribution in [2.24, 2.45) is 13.0 Å². The van der Waals surface area contributed by atoms with Crippen molar-refractivity contribution in [3.63, 3.8) is 0 Å². The summed E-state index contributed by atoms with van der Waals surface area (Å²) in [4.78, 5) is 17.1. The van der Waals surface area contributed by atoms with Crippen LogP contribution in [-0.2, 0) is 17.0 Å². The van der Waals surface area contributed by atoms with Crippen LogP contribution in [0, 0.1) is 10.7 Å². The lowest BCUT2D eigenvalue weighted by atomic mass is 10.0. The van der Waals surface area contributed by atoms with E-state index in [-0.39, 0.29) is 11.9 Å². The molecule has 0 radical (unpaired) electrons. The van der Waals surface area contributed by atoms with E-state index < -0.39 is 9.92 Å². The second kappa shape index (κ2) is 7.05. The number of nitrogens with one attached hydrogen (secondary N) is 3. The normalized spacial score (nSPS) is 22.1. The minimum Gasteiger partial charge on any atom is -0.345 e. The van der Waals surface area contributed by atoms with Crippen molar-refractivity contribution >= 4 is 27.6 Å². The number of hydrogen-bond acceptors (Lipinski definition) is 4. The third kappa shape index (κ3) is 3.71. The highest BCUT2D eigenvalue weighted by Gasteiger charge is 2.28. The molecular weight excluding hydrogens is 350 g/mol. The Kier molecular flexibility index (Phi) is 4.97. The lowest BCUT2D eigenvalue weighted by Gasteiger charge is -2.17. The number of aromatic nitrogens is 2. The van der Waals surface area contributed by atoms with E-state index in [2.05, 4.69) is 28.9 Å². The monoisotopic (exact) mass is 373 g/mol. The van der Waals surface area contributed by atoms with Crippen LogP contribution in [0.3, 0.4) is 0 Å². The van der Waals surface area contributed by atoms with Crippen molar-refractivity contribution in [1.82, 2.24) is 14.3 Å². The Morgan fingerprint density at radius 1 is 1.42 bits per heavy atom. The maximum Gasteiger partial charge on any atom is 0.272 e. The van der Waals surface area contributed by atoms with Crippen LogP contribution in [0.25, 0.3) is 6.08 Å². The molecular formula is C18H23N5O2S. The first-order valence-electron chi connectivity index (χ1n) is 8.43. The number of pyridine rings is 1. The number of carbonyl (C=O) groups is 1. The van der Waals surface area contributed by atoms with E-state index in [1.54, 1.807) is 48.4 Å². The van der Waals surface area contributed by atoms with Crippen molar-refractivity contribution in [2.75, 3.05) is 5.32 Å². The Balaban J connectivity index is 2.00. The minimum atomic E-state index is -3.20. The Hall–Kier alpha value is -2.45. The minimum absolute atomic E-state index is 0.172. The first-order chi connectivity index (χ1) is 12.3. The highest BCUT2D eigenvalue weighted by atomic mass is 32.2. The predicted molar refractivity (Wildman–Crippen MR) is 102 cm³/mol. The quantitative estimate of drug-likeness (QED) is 0.768. The smallest absolute Gasteiger partial charge is 0.272 e. The number of anilines is 1. The highest BCUT2D eigenvalue weighted by Crippen LogP contribution is 2.28. The fourth-order valence-corrected chi connectivity index (χ4v) is 4.59. The van der Waals surface area contributed by atoms with Gasteiger partial charge in [0.05, 0.1) is 4.90 Å². The second-order valence-electron chi connectivity index (χ2n) is 6.83. The van der Waals surface area contributed by atoms with E-state index in [1.165, 1.54) is 0 Å². The zero-order valence-corrected chi connectivity index (χ0v) is 15.8. The number of carbonyl (C=O) groups excluding carboxylic acids is 1. The van der Waals surface area contributed by atoms with E-state index >= 15 is 0 Å². The fraction of sp³-hybridized carbons (Fsp3) is 0.333. The van der Waals surface area contributed by atoms with E-state index in [0.717, 1.165) is 6.42 Å². The summed E-state index contributed by atoms with van der Waals surface area (Å²) in [6.45, 7) is 4.15. The van der Waals surface area contributed by atoms with Gasteiger partial charge < -0.3 is 9.88 Å². The number of rotatable bonds is 4. The molecule has 3 rings (SSSR count). The first kappa shape index (κ1) is 18.3. The molecule has 1 aliphatic heterocycles. The van der Waals surface area contributed by atoms with Crippen LogP contribution < -0.4 is 10.0 Å². The Labute approximate surface area is 153 Å². The zero-order valence-electron chi connectivity index (χ0n) is 15.0. The van der Waals surface area contributed by atoms with Crippen molar-refractivity contribution in [1.29, 1.82) is 4.78 Å². The topological polar surface area (TPSA) is 99.9 Å². The fourth-order valence-electron chi connectivity index (χ4n) is 3.08. The molecule has 0 saturated heterocycles. The van der Waals surface area contributed by atoms with E-state index in [9.17, 15) is 9.00 Å². The Morgan fingerprint density at radius 3 is 2.77 bits per heavy atom. The molecule has 7 nitrogen and oxygen atoms in total. The molecule has 138 valence electrons. The van der Waals surface area contributed by atoms with Gasteiger partial charge in [-0.25, -0.2) is 13.7 Å². The van der Waals surface area contributed by atoms with E-state index in [4.69, 9.17) is 4.78 Å². The SMILES string of the molecule is CC(C)C[C@@H]1C=Cc2c(cn(C)c2C(=O)Nc2ccncc2)S(=N)(=O)N1. The summed E-state index contributed by atoms with van der Waals surface area (Å²) in [7, 11) is -1.49. The summed E-state index contributed by atoms with van der Waals surface area (Å²) in [6.07, 6.45) is 9.25. The third-order valence-electron chi connectivity index (χ3n) is 4.19. The molecule has 1 aliphatic rings. The lowest BCUT2D eigenvalue weighted by molar-refractivity contribution is 0.101. The van der Waals surface area contributed by atoms with Gasteiger partial charge in [0.1, 0.15) is 15.6 Å². The van der Waals surface area contributed by atoms with Gasteiger partial charge in [-0.2, -0.15) is 0 Å². The summed E-state index contributed by atoms with van der Waals surface area (Å²) in [5.41, 5.74) is 1.53. The van der Waals surface area contributed by atoms with Gasteiger partial charge in [-0.05, 0) is 24.5 Å². The number of nitrogens with zero attached hydrogens (tertiary/aromatic N) is 2. The van der Waals surface area contributed by atoms with Gasteiger partial charge in [0.15, 0.2) is 0 Å². The summed E-state index contributed by atoms with van der Waals surface area (Å²) in [6, 6.07) is 3.22. The van der Waals surface area contributed by atoms with Crippen LogP contribution in [0.5, 0.6) is 0 Å². The van der Waals surface area contributed by atoms with Gasteiger partial charge >= 0.3 is 0 Å². The number of aryl methyl sites for hydroxylation is 1. The van der Waals surface area contributed by atoms with Gasteiger partial charge in [0.25, 0.3) is 5.91 Å². The van der Waals surface area contributed by atoms with Crippen LogP contribution in [0.1, 0.15) is 36.3 Å². The molecule has 0 aliphatic carbocycles. The predicted octanol–water partition coefficient (Wildman–Crippen LogP) is 3.02. The molecule has 2 aromatic heterocycles. The molecule has 26 heavy (non-hydrogen) atoms. The molecule has 0 saturated carbocycles. The molecule has 0 spiro atoms. The van der Waals surface area contributed by atoms with Crippen molar-refractivity contribution in [2.45, 2.75) is 31.2 Å². The van der Waals surface area contributed by atoms with Crippen molar-refractivity contribution < 1.29 is 9.00 Å². The van der Waals surface area contributed by atoms with E-state index in [0.29, 0.717) is 27.8 Å². The average Bonchev–Trinajstić information content (AvgIpc) is 2.84. The number of hydrogen-bond donors (Lipinski definition) is 3. The Bertz CT molecular complexity index is 945. The zero-order chi connectivity index (χ0) is 18.9. The lowest BCUT2D eigenvalue weighted by Crippen LogP contribution is -2.32. The number of amides is 1. The van der Waals surface area contributed by atoms with Crippen molar-refractivity contribution in [3.05, 3.63) is 48.1 Å². The molecule has 3 N–H and O–H groups in total. The van der Waals surface area contributed by atoms with Crippen LogP contribution in [-0.4, -0.2) is 25.7 Å². The van der Waals surface area contributed by atoms with Crippen LogP contribution >= 0.6 is 0 Å². The molecule has 0 aromatic carbocycles. The van der Waals surface area contributed by atoms with Gasteiger partial charge in [-0.15, -0.1) is 0 Å². The van der Waals surface area contributed by atoms with Gasteiger partial charge in [0, 0.05) is 42.9 Å². The molecule has 3 heterocycles. The Morgan fingerprint density at radius 2 is 2.12 bits per heavy atom. The number of fused-ring (bicyclic) bond motifs is 1. The summed E-state index contributed by atoms with van der Waals surface area (Å²) < 4.78 is 25.8. The molecule has 0 fully saturated rings. The molecule has 8 heteroatoms. The summed E-state index contributed by atoms with van der Waals surface area (Å²) in [5, 5.41) is 2.82. The van der Waals surface area contributed by atoms with Gasteiger partial charge in [-0.1, -0.05) is 26.0 Å². The van der Waals surface area contributed by atoms with Crippen LogP contribution in [0.4, 0.5) is 5.69 Å². The largest absolute Gasteiger partial charge is 0.345 e. The van der Waals surface area contributed by atoms with Gasteiger partial charge in [0.2, 0.25) is 0 Å². The second-order valence-corrected chi connectivity index (χ2v) is 8.61. The maximum absolute atomic E-state index is 12.9. The molecule has 0 bridgehead atoms. The summed E-state index contributed by atoms with van der Waals surface area (Å²) in [5.74, 6) is 0.0764. The summed E-state index contributed by atoms with van der Waals surface area (Å²) >= 11 is 0. The standard InChI is InChI=1S/C18H23N5O2S/c1-12(2)10-14-4-5-15-16(26(19,25)22-14)11-23(3)17(15)18(24)21-13-6-8-20-9-7-13/h4-9,11-12,14H,10H2,1-3H3,(H2,19,22,25)(H,20,21,24)/t14-,26?/m0/s1. The van der Waals surface area contributed by atoms with Crippen LogP contribution in [0.15, 0.2) is 41.7 Å². The maximum atomic E-state index is 12.9. The molecule has 1 unspecified atom stereocenters. The third-order valence-corrected chi connectivity index (χ3v) is 5.76. The molecule has 2 aromatic rings.